The maximum atomic E-state index is 12.0. The molecule has 1 aliphatic rings. The third kappa shape index (κ3) is 3.03. The summed E-state index contributed by atoms with van der Waals surface area (Å²) in [5.74, 6) is 1.35. The molecule has 5 nitrogen and oxygen atoms in total. The molecule has 1 aromatic rings. The van der Waals surface area contributed by atoms with E-state index in [1.54, 1.807) is 4.68 Å². The average molecular weight is 250 g/mol. The molecule has 5 heteroatoms. The van der Waals surface area contributed by atoms with Gasteiger partial charge in [0.25, 0.3) is 0 Å². The molecule has 18 heavy (non-hydrogen) atoms. The van der Waals surface area contributed by atoms with Crippen LogP contribution in [0.1, 0.15) is 32.4 Å². The Bertz CT molecular complexity index is 419. The number of aromatic nitrogens is 2. The smallest absolute Gasteiger partial charge is 0.322 e. The SMILES string of the molecule is CC(C)Cc1cc(NC(=O)N2CCCC2)n(C)n1. The van der Waals surface area contributed by atoms with Crippen LogP contribution in [0, 0.1) is 5.92 Å². The molecular formula is C13H22N4O. The minimum Gasteiger partial charge on any atom is -0.324 e. The first-order valence-corrected chi connectivity index (χ1v) is 6.65. The average Bonchev–Trinajstić information content (AvgIpc) is 2.88. The Morgan fingerprint density at radius 3 is 2.72 bits per heavy atom. The number of hydrogen-bond donors (Lipinski definition) is 1. The summed E-state index contributed by atoms with van der Waals surface area (Å²) < 4.78 is 1.74. The molecule has 100 valence electrons. The predicted molar refractivity (Wildman–Crippen MR) is 71.6 cm³/mol. The van der Waals surface area contributed by atoms with Crippen molar-refractivity contribution >= 4 is 11.8 Å². The van der Waals surface area contributed by atoms with Crippen LogP contribution in [0.5, 0.6) is 0 Å². The second-order valence-electron chi connectivity index (χ2n) is 5.37. The molecule has 0 saturated carbocycles. The van der Waals surface area contributed by atoms with Crippen LogP contribution in [0.25, 0.3) is 0 Å². The quantitative estimate of drug-likeness (QED) is 0.894. The highest BCUT2D eigenvalue weighted by molar-refractivity contribution is 5.88. The first kappa shape index (κ1) is 12.9. The molecule has 1 aliphatic heterocycles. The molecule has 0 aliphatic carbocycles. The summed E-state index contributed by atoms with van der Waals surface area (Å²) in [5, 5.41) is 7.35. The monoisotopic (exact) mass is 250 g/mol. The van der Waals surface area contributed by atoms with Crippen molar-refractivity contribution in [2.45, 2.75) is 33.1 Å². The van der Waals surface area contributed by atoms with Gasteiger partial charge in [0.2, 0.25) is 0 Å². The fourth-order valence-electron chi connectivity index (χ4n) is 2.27. The summed E-state index contributed by atoms with van der Waals surface area (Å²) >= 11 is 0. The number of hydrogen-bond acceptors (Lipinski definition) is 2. The van der Waals surface area contributed by atoms with Crippen LogP contribution >= 0.6 is 0 Å². The summed E-state index contributed by atoms with van der Waals surface area (Å²) in [5.41, 5.74) is 1.03. The Hall–Kier alpha value is -1.52. The number of amides is 2. The zero-order valence-electron chi connectivity index (χ0n) is 11.4. The van der Waals surface area contributed by atoms with E-state index >= 15 is 0 Å². The number of nitrogens with zero attached hydrogens (tertiary/aromatic N) is 3. The van der Waals surface area contributed by atoms with Gasteiger partial charge in [0, 0.05) is 26.2 Å². The number of carbonyl (C=O) groups excluding carboxylic acids is 1. The maximum absolute atomic E-state index is 12.0. The van der Waals surface area contributed by atoms with Crippen molar-refractivity contribution in [2.75, 3.05) is 18.4 Å². The first-order valence-electron chi connectivity index (χ1n) is 6.65. The van der Waals surface area contributed by atoms with Gasteiger partial charge in [-0.2, -0.15) is 5.10 Å². The van der Waals surface area contributed by atoms with Crippen molar-refractivity contribution in [3.05, 3.63) is 11.8 Å². The lowest BCUT2D eigenvalue weighted by molar-refractivity contribution is 0.222. The number of likely N-dealkylation sites (tertiary alicyclic amines) is 1. The van der Waals surface area contributed by atoms with E-state index in [1.807, 2.05) is 18.0 Å². The molecule has 1 saturated heterocycles. The number of aryl methyl sites for hydroxylation is 1. The summed E-state index contributed by atoms with van der Waals surface area (Å²) in [4.78, 5) is 13.8. The Balaban J connectivity index is 1.99. The molecule has 0 aromatic carbocycles. The third-order valence-electron chi connectivity index (χ3n) is 3.18. The van der Waals surface area contributed by atoms with Crippen LogP contribution in [-0.2, 0) is 13.5 Å². The van der Waals surface area contributed by atoms with E-state index in [9.17, 15) is 4.79 Å². The van der Waals surface area contributed by atoms with E-state index in [1.165, 1.54) is 0 Å². The Labute approximate surface area is 108 Å². The number of rotatable bonds is 3. The molecule has 2 heterocycles. The van der Waals surface area contributed by atoms with Crippen molar-refractivity contribution < 1.29 is 4.79 Å². The molecule has 1 N–H and O–H groups in total. The van der Waals surface area contributed by atoms with E-state index < -0.39 is 0 Å². The molecule has 1 aromatic heterocycles. The normalized spacial score (nSPS) is 15.4. The lowest BCUT2D eigenvalue weighted by Gasteiger charge is -2.15. The molecule has 1 fully saturated rings. The number of carbonyl (C=O) groups is 1. The molecule has 0 radical (unpaired) electrons. The van der Waals surface area contributed by atoms with Crippen LogP contribution in [0.4, 0.5) is 10.6 Å². The Morgan fingerprint density at radius 1 is 1.44 bits per heavy atom. The Kier molecular flexibility index (Phi) is 3.89. The van der Waals surface area contributed by atoms with E-state index in [4.69, 9.17) is 0 Å². The van der Waals surface area contributed by atoms with Crippen LogP contribution in [0.3, 0.4) is 0 Å². The summed E-state index contributed by atoms with van der Waals surface area (Å²) in [6, 6.07) is 1.96. The molecule has 0 bridgehead atoms. The zero-order chi connectivity index (χ0) is 13.1. The number of urea groups is 1. The summed E-state index contributed by atoms with van der Waals surface area (Å²) in [6.07, 6.45) is 3.15. The van der Waals surface area contributed by atoms with Crippen LogP contribution in [0.15, 0.2) is 6.07 Å². The van der Waals surface area contributed by atoms with Gasteiger partial charge in [-0.25, -0.2) is 4.79 Å². The maximum Gasteiger partial charge on any atom is 0.322 e. The van der Waals surface area contributed by atoms with Crippen LogP contribution in [0.2, 0.25) is 0 Å². The molecule has 0 unspecified atom stereocenters. The van der Waals surface area contributed by atoms with E-state index in [2.05, 4.69) is 24.3 Å². The lowest BCUT2D eigenvalue weighted by atomic mass is 10.1. The van der Waals surface area contributed by atoms with Crippen molar-refractivity contribution in [1.82, 2.24) is 14.7 Å². The number of anilines is 1. The van der Waals surface area contributed by atoms with Gasteiger partial charge >= 0.3 is 6.03 Å². The molecular weight excluding hydrogens is 228 g/mol. The largest absolute Gasteiger partial charge is 0.324 e. The highest BCUT2D eigenvalue weighted by Crippen LogP contribution is 2.15. The predicted octanol–water partition coefficient (Wildman–Crippen LogP) is 2.25. The lowest BCUT2D eigenvalue weighted by Crippen LogP contribution is -2.32. The van der Waals surface area contributed by atoms with Gasteiger partial charge in [0.05, 0.1) is 5.69 Å². The highest BCUT2D eigenvalue weighted by atomic mass is 16.2. The minimum absolute atomic E-state index is 0.00778. The van der Waals surface area contributed by atoms with Gasteiger partial charge in [0.1, 0.15) is 5.82 Å². The molecule has 2 amide bonds. The first-order chi connectivity index (χ1) is 8.56. The van der Waals surface area contributed by atoms with E-state index in [0.29, 0.717) is 5.92 Å². The fourth-order valence-corrected chi connectivity index (χ4v) is 2.27. The van der Waals surface area contributed by atoms with Gasteiger partial charge < -0.3 is 4.90 Å². The second kappa shape index (κ2) is 5.42. The second-order valence-corrected chi connectivity index (χ2v) is 5.37. The fraction of sp³-hybridized carbons (Fsp3) is 0.692. The van der Waals surface area contributed by atoms with Crippen molar-refractivity contribution in [3.8, 4) is 0 Å². The topological polar surface area (TPSA) is 50.2 Å². The number of nitrogens with one attached hydrogen (secondary N) is 1. The van der Waals surface area contributed by atoms with Crippen LogP contribution in [-0.4, -0.2) is 33.8 Å². The van der Waals surface area contributed by atoms with Gasteiger partial charge in [-0.1, -0.05) is 13.8 Å². The highest BCUT2D eigenvalue weighted by Gasteiger charge is 2.19. The molecule has 0 spiro atoms. The zero-order valence-corrected chi connectivity index (χ0v) is 11.4. The van der Waals surface area contributed by atoms with Gasteiger partial charge in [-0.3, -0.25) is 10.00 Å². The van der Waals surface area contributed by atoms with Gasteiger partial charge in [-0.05, 0) is 25.2 Å². The van der Waals surface area contributed by atoms with E-state index in [0.717, 1.165) is 43.9 Å². The molecule has 2 rings (SSSR count). The minimum atomic E-state index is -0.00778. The van der Waals surface area contributed by atoms with Crippen molar-refractivity contribution in [2.24, 2.45) is 13.0 Å². The third-order valence-corrected chi connectivity index (χ3v) is 3.18. The van der Waals surface area contributed by atoms with Crippen LogP contribution < -0.4 is 5.32 Å². The van der Waals surface area contributed by atoms with Crippen molar-refractivity contribution in [1.29, 1.82) is 0 Å². The van der Waals surface area contributed by atoms with Gasteiger partial charge in [-0.15, -0.1) is 0 Å². The summed E-state index contributed by atoms with van der Waals surface area (Å²) in [6.45, 7) is 6.05. The van der Waals surface area contributed by atoms with Gasteiger partial charge in [0.15, 0.2) is 0 Å². The molecule has 0 atom stereocenters. The van der Waals surface area contributed by atoms with Crippen molar-refractivity contribution in [3.63, 3.8) is 0 Å². The van der Waals surface area contributed by atoms with E-state index in [-0.39, 0.29) is 6.03 Å². The Morgan fingerprint density at radius 2 is 2.11 bits per heavy atom. The summed E-state index contributed by atoms with van der Waals surface area (Å²) in [7, 11) is 1.86. The standard InChI is InChI=1S/C13H22N4O/c1-10(2)8-11-9-12(16(3)15-11)14-13(18)17-6-4-5-7-17/h9-10H,4-8H2,1-3H3,(H,14,18).